The van der Waals surface area contributed by atoms with Crippen molar-refractivity contribution in [2.75, 3.05) is 23.8 Å². The van der Waals surface area contributed by atoms with Gasteiger partial charge in [0.05, 0.1) is 30.0 Å². The summed E-state index contributed by atoms with van der Waals surface area (Å²) in [5, 5.41) is 25.1. The molecule has 0 amide bonds. The van der Waals surface area contributed by atoms with Crippen molar-refractivity contribution in [3.05, 3.63) is 83.6 Å². The number of phenolic OH excluding ortho intramolecular Hbond substituents is 1. The van der Waals surface area contributed by atoms with Gasteiger partial charge in [-0.1, -0.05) is 12.1 Å². The van der Waals surface area contributed by atoms with Crippen molar-refractivity contribution in [3.63, 3.8) is 0 Å². The van der Waals surface area contributed by atoms with Crippen LogP contribution in [0, 0.1) is 6.92 Å². The van der Waals surface area contributed by atoms with Gasteiger partial charge < -0.3 is 15.7 Å². The Kier molecular flexibility index (Phi) is 12.6. The zero-order chi connectivity index (χ0) is 37.5. The first-order chi connectivity index (χ1) is 24.6. The van der Waals surface area contributed by atoms with Crippen LogP contribution in [-0.4, -0.2) is 64.4 Å². The first kappa shape index (κ1) is 38.7. The minimum absolute atomic E-state index is 0.0111. The molecule has 4 aromatic carbocycles. The van der Waals surface area contributed by atoms with Crippen LogP contribution in [0.4, 0.5) is 34.6 Å². The van der Waals surface area contributed by atoms with Crippen LogP contribution in [0.5, 0.6) is 5.75 Å². The van der Waals surface area contributed by atoms with Crippen LogP contribution in [0.1, 0.15) is 5.56 Å². The SMILES string of the molecule is Cc1cccc(N=C(S)Nc2nc(Cl)nc(Nc3ccc4c(O)c(N=Nc5ccc(SOOCCOS(=O)(=O)O)cc5)c(S(=O)(=O)O)cc4c3)n2)c1. The number of halogens is 1. The van der Waals surface area contributed by atoms with E-state index in [1.165, 1.54) is 24.3 Å². The lowest BCUT2D eigenvalue weighted by Gasteiger charge is -2.11. The Morgan fingerprint density at radius 2 is 1.67 bits per heavy atom. The number of phenols is 1. The number of aromatic hydroxyl groups is 1. The van der Waals surface area contributed by atoms with E-state index < -0.39 is 43.5 Å². The number of aromatic nitrogens is 3. The number of anilines is 3. The van der Waals surface area contributed by atoms with Gasteiger partial charge >= 0.3 is 10.4 Å². The van der Waals surface area contributed by atoms with Gasteiger partial charge in [-0.25, -0.2) is 14.1 Å². The predicted molar refractivity (Wildman–Crippen MR) is 195 cm³/mol. The molecule has 0 aliphatic carbocycles. The third kappa shape index (κ3) is 11.3. The Balaban J connectivity index is 1.31. The lowest BCUT2D eigenvalue weighted by molar-refractivity contribution is -0.195. The van der Waals surface area contributed by atoms with Crippen molar-refractivity contribution in [2.45, 2.75) is 16.7 Å². The van der Waals surface area contributed by atoms with Gasteiger partial charge in [0.1, 0.15) is 17.2 Å². The molecule has 52 heavy (non-hydrogen) atoms. The lowest BCUT2D eigenvalue weighted by atomic mass is 10.1. The lowest BCUT2D eigenvalue weighted by Crippen LogP contribution is -2.10. The fourth-order valence-electron chi connectivity index (χ4n) is 4.21. The van der Waals surface area contributed by atoms with Crippen molar-refractivity contribution in [1.29, 1.82) is 0 Å². The van der Waals surface area contributed by atoms with Gasteiger partial charge in [0, 0.05) is 16.0 Å². The average molecular weight is 809 g/mol. The van der Waals surface area contributed by atoms with Gasteiger partial charge in [-0.15, -0.1) is 17.7 Å². The number of azo groups is 1. The highest BCUT2D eigenvalue weighted by Crippen LogP contribution is 2.42. The number of aliphatic imine (C=N–C) groups is 1. The van der Waals surface area contributed by atoms with E-state index in [4.69, 9.17) is 25.4 Å². The van der Waals surface area contributed by atoms with E-state index in [9.17, 15) is 26.5 Å². The highest BCUT2D eigenvalue weighted by atomic mass is 35.5. The monoisotopic (exact) mass is 808 g/mol. The maximum atomic E-state index is 12.4. The molecule has 1 heterocycles. The molecule has 272 valence electrons. The van der Waals surface area contributed by atoms with Crippen molar-refractivity contribution < 1.29 is 44.5 Å². The molecular weight excluding hydrogens is 784 g/mol. The molecule has 0 saturated heterocycles. The van der Waals surface area contributed by atoms with Crippen molar-refractivity contribution >= 4 is 107 Å². The summed E-state index contributed by atoms with van der Waals surface area (Å²) in [6, 6.07) is 19.1. The van der Waals surface area contributed by atoms with E-state index in [1.54, 1.807) is 24.3 Å². The van der Waals surface area contributed by atoms with E-state index in [0.717, 1.165) is 23.7 Å². The zero-order valence-corrected chi connectivity index (χ0v) is 30.4. The molecule has 0 aliphatic rings. The maximum absolute atomic E-state index is 12.4. The normalized spacial score (nSPS) is 12.4. The molecule has 23 heteroatoms. The minimum Gasteiger partial charge on any atom is -0.505 e. The molecule has 0 bridgehead atoms. The van der Waals surface area contributed by atoms with Crippen LogP contribution >= 0.6 is 36.3 Å². The fraction of sp³-hybridized carbons (Fsp3) is 0.103. The van der Waals surface area contributed by atoms with Crippen molar-refractivity contribution in [1.82, 2.24) is 15.0 Å². The van der Waals surface area contributed by atoms with Crippen LogP contribution < -0.4 is 10.6 Å². The second-order valence-corrected chi connectivity index (χ2v) is 14.2. The molecule has 5 aromatic rings. The molecule has 0 saturated carbocycles. The summed E-state index contributed by atoms with van der Waals surface area (Å²) in [4.78, 5) is 21.3. The summed E-state index contributed by atoms with van der Waals surface area (Å²) in [6.07, 6.45) is 0. The molecule has 1 aromatic heterocycles. The fourth-order valence-corrected chi connectivity index (χ4v) is 5.96. The quantitative estimate of drug-likeness (QED) is 0.00767. The number of nitrogens with one attached hydrogen (secondary N) is 2. The maximum Gasteiger partial charge on any atom is 0.397 e. The Labute approximate surface area is 310 Å². The van der Waals surface area contributed by atoms with Crippen LogP contribution in [0.15, 0.2) is 97.8 Å². The summed E-state index contributed by atoms with van der Waals surface area (Å²) < 4.78 is 73.2. The molecule has 0 radical (unpaired) electrons. The number of nitrogens with zero attached hydrogens (tertiary/aromatic N) is 6. The third-order valence-corrected chi connectivity index (χ3v) is 8.67. The van der Waals surface area contributed by atoms with E-state index in [2.05, 4.69) is 57.6 Å². The van der Waals surface area contributed by atoms with E-state index in [1.807, 2.05) is 25.1 Å². The molecule has 5 N–H and O–H groups in total. The first-order valence-corrected chi connectivity index (χ1v) is 18.7. The predicted octanol–water partition coefficient (Wildman–Crippen LogP) is 6.90. The van der Waals surface area contributed by atoms with Crippen molar-refractivity contribution in [2.24, 2.45) is 15.2 Å². The third-order valence-electron chi connectivity index (χ3n) is 6.33. The Hall–Kier alpha value is -4.49. The van der Waals surface area contributed by atoms with Gasteiger partial charge in [-0.3, -0.25) is 9.11 Å². The number of hydrogen-bond donors (Lipinski definition) is 6. The Bertz CT molecular complexity index is 2390. The standard InChI is InChI=1S/C29H25ClN8O10S4/c1-16-3-2-4-19(13-16)32-29(49)36-28-34-26(30)33-27(35-28)31-20-7-10-22-17(14-20)15-23(51(40,41)42)24(25(22)39)38-37-18-5-8-21(9-6-18)50-48-46-11-12-47-52(43,44)45/h2-10,13-15,39H,11-12H2,1H3,(H,40,41,42)(H,43,44,45)(H3,31,32,33,34,35,36,49). The molecule has 5 rings (SSSR count). The summed E-state index contributed by atoms with van der Waals surface area (Å²) in [7, 11) is -9.49. The number of amidine groups is 1. The summed E-state index contributed by atoms with van der Waals surface area (Å²) in [6.45, 7) is 1.17. The Morgan fingerprint density at radius 3 is 2.38 bits per heavy atom. The van der Waals surface area contributed by atoms with Gasteiger partial charge in [-0.2, -0.15) is 41.2 Å². The second kappa shape index (κ2) is 16.9. The molecule has 0 fully saturated rings. The summed E-state index contributed by atoms with van der Waals surface area (Å²) >= 11 is 11.2. The highest BCUT2D eigenvalue weighted by Gasteiger charge is 2.22. The van der Waals surface area contributed by atoms with Gasteiger partial charge in [0.25, 0.3) is 10.1 Å². The molecule has 18 nitrogen and oxygen atoms in total. The van der Waals surface area contributed by atoms with E-state index >= 15 is 0 Å². The first-order valence-electron chi connectivity index (χ1n) is 14.3. The van der Waals surface area contributed by atoms with Gasteiger partial charge in [0.2, 0.25) is 17.2 Å². The number of fused-ring (bicyclic) bond motifs is 1. The summed E-state index contributed by atoms with van der Waals surface area (Å²) in [5.74, 6) is -0.527. The molecule has 0 spiro atoms. The van der Waals surface area contributed by atoms with Crippen LogP contribution in [0.3, 0.4) is 0 Å². The topological polar surface area (TPSA) is 256 Å². The van der Waals surface area contributed by atoms with Gasteiger partial charge in [-0.05, 0) is 90.1 Å². The zero-order valence-electron chi connectivity index (χ0n) is 26.3. The summed E-state index contributed by atoms with van der Waals surface area (Å²) in [5.41, 5.74) is 1.75. The number of hydrogen-bond acceptors (Lipinski definition) is 16. The molecule has 0 unspecified atom stereocenters. The van der Waals surface area contributed by atoms with E-state index in [-0.39, 0.29) is 45.4 Å². The molecular formula is C29H25ClN8O10S4. The van der Waals surface area contributed by atoms with Crippen LogP contribution in [0.25, 0.3) is 10.8 Å². The second-order valence-electron chi connectivity index (χ2n) is 10.2. The highest BCUT2D eigenvalue weighted by molar-refractivity contribution is 7.97. The molecule has 0 aliphatic heterocycles. The number of rotatable bonds is 14. The van der Waals surface area contributed by atoms with Crippen molar-refractivity contribution in [3.8, 4) is 5.75 Å². The average Bonchev–Trinajstić information content (AvgIpc) is 3.05. The largest absolute Gasteiger partial charge is 0.505 e. The van der Waals surface area contributed by atoms with E-state index in [0.29, 0.717) is 16.3 Å². The van der Waals surface area contributed by atoms with Crippen LogP contribution in [0.2, 0.25) is 5.28 Å². The number of aryl methyl sites for hydroxylation is 1. The molecule has 0 atom stereocenters. The van der Waals surface area contributed by atoms with Gasteiger partial charge in [0.15, 0.2) is 10.9 Å². The Morgan fingerprint density at radius 1 is 0.923 bits per heavy atom. The van der Waals surface area contributed by atoms with Crippen LogP contribution in [-0.2, 0) is 33.9 Å². The number of thiol groups is 1. The minimum atomic E-state index is -4.90. The number of benzene rings is 4. The smallest absolute Gasteiger partial charge is 0.397 e.